The fourth-order valence-electron chi connectivity index (χ4n) is 5.16. The van der Waals surface area contributed by atoms with Gasteiger partial charge < -0.3 is 10.6 Å². The van der Waals surface area contributed by atoms with Gasteiger partial charge in [0.15, 0.2) is 0 Å². The number of carbonyl (C=O) groups excluding carboxylic acids is 1. The lowest BCUT2D eigenvalue weighted by Gasteiger charge is -2.57. The molecule has 0 atom stereocenters. The lowest BCUT2D eigenvalue weighted by Crippen LogP contribution is -2.59. The Labute approximate surface area is 123 Å². The molecule has 4 saturated carbocycles. The Morgan fingerprint density at radius 1 is 1.10 bits per heavy atom. The fourth-order valence-corrected chi connectivity index (χ4v) is 5.16. The first-order valence-electron chi connectivity index (χ1n) is 8.56. The molecule has 2 N–H and O–H groups in total. The molecule has 1 amide bonds. The summed E-state index contributed by atoms with van der Waals surface area (Å²) < 4.78 is 0. The molecule has 3 nitrogen and oxygen atoms in total. The van der Waals surface area contributed by atoms with Gasteiger partial charge in [-0.3, -0.25) is 4.79 Å². The Morgan fingerprint density at radius 2 is 1.65 bits per heavy atom. The molecule has 4 aliphatic carbocycles. The SMILES string of the molecule is CC(C)CCNC(=O)CNC12CC3CC(CC(C3)C1)C2. The molecule has 114 valence electrons. The highest BCUT2D eigenvalue weighted by molar-refractivity contribution is 5.78. The molecule has 0 spiro atoms. The van der Waals surface area contributed by atoms with E-state index in [0.29, 0.717) is 18.0 Å². The number of rotatable bonds is 6. The molecule has 3 heteroatoms. The van der Waals surface area contributed by atoms with Crippen LogP contribution < -0.4 is 10.6 Å². The summed E-state index contributed by atoms with van der Waals surface area (Å²) in [4.78, 5) is 11.9. The van der Waals surface area contributed by atoms with Crippen LogP contribution in [0.2, 0.25) is 0 Å². The zero-order chi connectivity index (χ0) is 14.2. The molecular weight excluding hydrogens is 248 g/mol. The van der Waals surface area contributed by atoms with Crippen LogP contribution >= 0.6 is 0 Å². The molecule has 4 aliphatic rings. The van der Waals surface area contributed by atoms with Gasteiger partial charge in [-0.1, -0.05) is 13.8 Å². The van der Waals surface area contributed by atoms with Crippen molar-refractivity contribution in [1.29, 1.82) is 0 Å². The quantitative estimate of drug-likeness (QED) is 0.784. The average Bonchev–Trinajstić information content (AvgIpc) is 2.34. The standard InChI is InChI=1S/C17H30N2O/c1-12(2)3-4-18-16(20)11-19-17-8-13-5-14(9-17)7-15(6-13)10-17/h12-15,19H,3-11H2,1-2H3,(H,18,20). The number of hydrogen-bond donors (Lipinski definition) is 2. The van der Waals surface area contributed by atoms with E-state index in [9.17, 15) is 4.79 Å². The van der Waals surface area contributed by atoms with Crippen LogP contribution in [0.4, 0.5) is 0 Å². The summed E-state index contributed by atoms with van der Waals surface area (Å²) in [5.74, 6) is 3.67. The van der Waals surface area contributed by atoms with Crippen molar-refractivity contribution in [1.82, 2.24) is 10.6 Å². The Bertz CT molecular complexity index is 329. The first-order chi connectivity index (χ1) is 9.55. The summed E-state index contributed by atoms with van der Waals surface area (Å²) in [6.45, 7) is 5.73. The molecular formula is C17H30N2O. The smallest absolute Gasteiger partial charge is 0.233 e. The van der Waals surface area contributed by atoms with Gasteiger partial charge in [-0.15, -0.1) is 0 Å². The van der Waals surface area contributed by atoms with E-state index in [1.807, 2.05) is 0 Å². The minimum atomic E-state index is 0.182. The first-order valence-corrected chi connectivity index (χ1v) is 8.56. The van der Waals surface area contributed by atoms with Crippen LogP contribution in [0.5, 0.6) is 0 Å². The molecule has 4 rings (SSSR count). The third-order valence-corrected chi connectivity index (χ3v) is 5.71. The second-order valence-corrected chi connectivity index (χ2v) is 8.08. The maximum absolute atomic E-state index is 11.9. The van der Waals surface area contributed by atoms with Gasteiger partial charge in [0.25, 0.3) is 0 Å². The van der Waals surface area contributed by atoms with Crippen LogP contribution in [0.3, 0.4) is 0 Å². The maximum Gasteiger partial charge on any atom is 0.233 e. The lowest BCUT2D eigenvalue weighted by atomic mass is 9.53. The largest absolute Gasteiger partial charge is 0.355 e. The van der Waals surface area contributed by atoms with E-state index in [-0.39, 0.29) is 5.91 Å². The predicted octanol–water partition coefficient (Wildman–Crippen LogP) is 2.71. The highest BCUT2D eigenvalue weighted by Gasteiger charge is 2.50. The molecule has 0 saturated heterocycles. The zero-order valence-corrected chi connectivity index (χ0v) is 13.1. The summed E-state index contributed by atoms with van der Waals surface area (Å²) in [5, 5.41) is 6.70. The molecule has 0 radical (unpaired) electrons. The minimum absolute atomic E-state index is 0.182. The molecule has 20 heavy (non-hydrogen) atoms. The van der Waals surface area contributed by atoms with Gasteiger partial charge in [0.2, 0.25) is 5.91 Å². The van der Waals surface area contributed by atoms with Crippen molar-refractivity contribution in [2.45, 2.75) is 64.3 Å². The van der Waals surface area contributed by atoms with Crippen molar-refractivity contribution in [3.05, 3.63) is 0 Å². The third-order valence-electron chi connectivity index (χ3n) is 5.71. The van der Waals surface area contributed by atoms with Gasteiger partial charge in [-0.05, 0) is 68.6 Å². The van der Waals surface area contributed by atoms with Crippen molar-refractivity contribution in [2.75, 3.05) is 13.1 Å². The normalized spacial score (nSPS) is 38.5. The van der Waals surface area contributed by atoms with Crippen LogP contribution in [0, 0.1) is 23.7 Å². The number of amides is 1. The van der Waals surface area contributed by atoms with E-state index in [4.69, 9.17) is 0 Å². The molecule has 0 aromatic carbocycles. The van der Waals surface area contributed by atoms with Crippen LogP contribution in [0.25, 0.3) is 0 Å². The minimum Gasteiger partial charge on any atom is -0.355 e. The number of nitrogens with one attached hydrogen (secondary N) is 2. The van der Waals surface area contributed by atoms with E-state index in [2.05, 4.69) is 24.5 Å². The second kappa shape index (κ2) is 5.67. The van der Waals surface area contributed by atoms with E-state index < -0.39 is 0 Å². The Balaban J connectivity index is 1.45. The maximum atomic E-state index is 11.9. The number of carbonyl (C=O) groups is 1. The van der Waals surface area contributed by atoms with Crippen molar-refractivity contribution in [3.63, 3.8) is 0 Å². The van der Waals surface area contributed by atoms with Crippen LogP contribution in [-0.2, 0) is 4.79 Å². The topological polar surface area (TPSA) is 41.1 Å². The van der Waals surface area contributed by atoms with Crippen molar-refractivity contribution >= 4 is 5.91 Å². The predicted molar refractivity (Wildman–Crippen MR) is 81.4 cm³/mol. The molecule has 0 unspecified atom stereocenters. The Hall–Kier alpha value is -0.570. The Morgan fingerprint density at radius 3 is 2.15 bits per heavy atom. The number of hydrogen-bond acceptors (Lipinski definition) is 2. The molecule has 0 aromatic heterocycles. The van der Waals surface area contributed by atoms with Gasteiger partial charge >= 0.3 is 0 Å². The Kier molecular flexibility index (Phi) is 4.07. The van der Waals surface area contributed by atoms with Gasteiger partial charge in [-0.2, -0.15) is 0 Å². The highest BCUT2D eigenvalue weighted by atomic mass is 16.1. The van der Waals surface area contributed by atoms with E-state index in [1.165, 1.54) is 38.5 Å². The fraction of sp³-hybridized carbons (Fsp3) is 0.941. The monoisotopic (exact) mass is 278 g/mol. The molecule has 4 fully saturated rings. The van der Waals surface area contributed by atoms with Crippen molar-refractivity contribution in [3.8, 4) is 0 Å². The van der Waals surface area contributed by atoms with Gasteiger partial charge in [0, 0.05) is 12.1 Å². The van der Waals surface area contributed by atoms with Gasteiger partial charge in [-0.25, -0.2) is 0 Å². The van der Waals surface area contributed by atoms with Crippen LogP contribution in [-0.4, -0.2) is 24.5 Å². The summed E-state index contributed by atoms with van der Waals surface area (Å²) in [6.07, 6.45) is 9.41. The molecule has 0 aliphatic heterocycles. The summed E-state index contributed by atoms with van der Waals surface area (Å²) >= 11 is 0. The third kappa shape index (κ3) is 3.19. The summed E-state index contributed by atoms with van der Waals surface area (Å²) in [6, 6.07) is 0. The van der Waals surface area contributed by atoms with Crippen molar-refractivity contribution in [2.24, 2.45) is 23.7 Å². The zero-order valence-electron chi connectivity index (χ0n) is 13.1. The summed E-state index contributed by atoms with van der Waals surface area (Å²) in [5.41, 5.74) is 0.310. The van der Waals surface area contributed by atoms with E-state index in [0.717, 1.165) is 30.7 Å². The second-order valence-electron chi connectivity index (χ2n) is 8.08. The van der Waals surface area contributed by atoms with Crippen molar-refractivity contribution < 1.29 is 4.79 Å². The van der Waals surface area contributed by atoms with Crippen LogP contribution in [0.1, 0.15) is 58.8 Å². The lowest BCUT2D eigenvalue weighted by molar-refractivity contribution is -0.121. The van der Waals surface area contributed by atoms with Gasteiger partial charge in [0.05, 0.1) is 6.54 Å². The molecule has 4 bridgehead atoms. The average molecular weight is 278 g/mol. The van der Waals surface area contributed by atoms with Crippen LogP contribution in [0.15, 0.2) is 0 Å². The van der Waals surface area contributed by atoms with Gasteiger partial charge in [0.1, 0.15) is 0 Å². The molecule has 0 heterocycles. The first kappa shape index (κ1) is 14.4. The summed E-state index contributed by atoms with van der Waals surface area (Å²) in [7, 11) is 0. The van der Waals surface area contributed by atoms with E-state index >= 15 is 0 Å². The highest BCUT2D eigenvalue weighted by Crippen LogP contribution is 2.55. The van der Waals surface area contributed by atoms with E-state index in [1.54, 1.807) is 0 Å². The molecule has 0 aromatic rings.